The summed E-state index contributed by atoms with van der Waals surface area (Å²) in [4.78, 5) is 20.6. The van der Waals surface area contributed by atoms with Crippen LogP contribution in [-0.2, 0) is 0 Å². The highest BCUT2D eigenvalue weighted by Gasteiger charge is 2.08. The number of carbonyl (C=O) groups excluding carboxylic acids is 1. The van der Waals surface area contributed by atoms with E-state index in [1.54, 1.807) is 31.5 Å². The third kappa shape index (κ3) is 3.52. The zero-order valence-electron chi connectivity index (χ0n) is 12.6. The summed E-state index contributed by atoms with van der Waals surface area (Å²) in [7, 11) is 1.62. The number of hydrogen-bond donors (Lipinski definition) is 1. The molecule has 5 nitrogen and oxygen atoms in total. The van der Waals surface area contributed by atoms with E-state index < -0.39 is 0 Å². The van der Waals surface area contributed by atoms with Crippen LogP contribution in [0.2, 0.25) is 0 Å². The third-order valence-electron chi connectivity index (χ3n) is 3.30. The lowest BCUT2D eigenvalue weighted by molar-refractivity contribution is 0.102. The van der Waals surface area contributed by atoms with Gasteiger partial charge in [0.05, 0.1) is 12.8 Å². The van der Waals surface area contributed by atoms with Crippen molar-refractivity contribution in [2.45, 2.75) is 0 Å². The summed E-state index contributed by atoms with van der Waals surface area (Å²) in [5.74, 6) is 0.810. The van der Waals surface area contributed by atoms with Crippen molar-refractivity contribution in [3.8, 4) is 17.0 Å². The fourth-order valence-electron chi connectivity index (χ4n) is 2.10. The van der Waals surface area contributed by atoms with Crippen LogP contribution in [0.3, 0.4) is 0 Å². The van der Waals surface area contributed by atoms with Gasteiger partial charge in [-0.2, -0.15) is 0 Å². The number of benzene rings is 2. The van der Waals surface area contributed by atoms with Gasteiger partial charge >= 0.3 is 0 Å². The summed E-state index contributed by atoms with van der Waals surface area (Å²) >= 11 is 0. The van der Waals surface area contributed by atoms with Crippen molar-refractivity contribution in [2.24, 2.45) is 0 Å². The van der Waals surface area contributed by atoms with Gasteiger partial charge in [-0.15, -0.1) is 0 Å². The summed E-state index contributed by atoms with van der Waals surface area (Å²) in [6.07, 6.45) is 1.62. The Balaban J connectivity index is 1.80. The van der Waals surface area contributed by atoms with Crippen LogP contribution in [0, 0.1) is 0 Å². The minimum absolute atomic E-state index is 0.238. The van der Waals surface area contributed by atoms with Crippen molar-refractivity contribution in [3.05, 3.63) is 72.4 Å². The summed E-state index contributed by atoms with van der Waals surface area (Å²) in [5, 5.41) is 2.71. The highest BCUT2D eigenvalue weighted by Crippen LogP contribution is 2.21. The van der Waals surface area contributed by atoms with Crippen molar-refractivity contribution >= 4 is 11.9 Å². The number of aromatic nitrogens is 2. The van der Waals surface area contributed by atoms with Crippen LogP contribution in [-0.4, -0.2) is 23.0 Å². The van der Waals surface area contributed by atoms with Crippen LogP contribution < -0.4 is 10.1 Å². The standard InChI is InChI=1S/C18H15N3O2/c1-23-15-9-7-13(8-10-15)16-11-12-19-18(20-16)21-17(22)14-5-3-2-4-6-14/h2-12H,1H3,(H,19,20,21,22). The molecule has 1 amide bonds. The molecule has 0 aliphatic heterocycles. The first kappa shape index (κ1) is 14.7. The first-order valence-corrected chi connectivity index (χ1v) is 7.10. The van der Waals surface area contributed by atoms with Gasteiger partial charge in [-0.1, -0.05) is 18.2 Å². The van der Waals surface area contributed by atoms with E-state index in [0.29, 0.717) is 5.56 Å². The Labute approximate surface area is 134 Å². The number of methoxy groups -OCH3 is 1. The summed E-state index contributed by atoms with van der Waals surface area (Å²) < 4.78 is 5.14. The lowest BCUT2D eigenvalue weighted by Crippen LogP contribution is -2.14. The number of rotatable bonds is 4. The first-order valence-electron chi connectivity index (χ1n) is 7.10. The predicted octanol–water partition coefficient (Wildman–Crippen LogP) is 3.40. The lowest BCUT2D eigenvalue weighted by atomic mass is 10.1. The second kappa shape index (κ2) is 6.70. The van der Waals surface area contributed by atoms with Gasteiger partial charge in [-0.3, -0.25) is 10.1 Å². The van der Waals surface area contributed by atoms with E-state index in [1.165, 1.54) is 0 Å². The SMILES string of the molecule is COc1ccc(-c2ccnc(NC(=O)c3ccccc3)n2)cc1. The molecule has 1 N–H and O–H groups in total. The fraction of sp³-hybridized carbons (Fsp3) is 0.0556. The van der Waals surface area contributed by atoms with Gasteiger partial charge in [0.25, 0.3) is 5.91 Å². The van der Waals surface area contributed by atoms with Crippen LogP contribution in [0.5, 0.6) is 5.75 Å². The van der Waals surface area contributed by atoms with Gasteiger partial charge in [0.2, 0.25) is 5.95 Å². The van der Waals surface area contributed by atoms with Crippen LogP contribution >= 0.6 is 0 Å². The zero-order valence-corrected chi connectivity index (χ0v) is 12.6. The smallest absolute Gasteiger partial charge is 0.258 e. The molecule has 114 valence electrons. The van der Waals surface area contributed by atoms with Crippen LogP contribution in [0.25, 0.3) is 11.3 Å². The van der Waals surface area contributed by atoms with Crippen molar-refractivity contribution in [1.29, 1.82) is 0 Å². The number of carbonyl (C=O) groups is 1. The molecule has 0 aliphatic carbocycles. The highest BCUT2D eigenvalue weighted by molar-refractivity contribution is 6.03. The average molecular weight is 305 g/mol. The van der Waals surface area contributed by atoms with Crippen molar-refractivity contribution in [2.75, 3.05) is 12.4 Å². The number of anilines is 1. The Bertz CT molecular complexity index is 802. The molecule has 0 aliphatic rings. The Morgan fingerprint density at radius 2 is 1.74 bits per heavy atom. The number of hydrogen-bond acceptors (Lipinski definition) is 4. The second-order valence-corrected chi connectivity index (χ2v) is 4.81. The minimum atomic E-state index is -0.238. The van der Waals surface area contributed by atoms with E-state index in [4.69, 9.17) is 4.74 Å². The average Bonchev–Trinajstić information content (AvgIpc) is 2.63. The third-order valence-corrected chi connectivity index (χ3v) is 3.30. The van der Waals surface area contributed by atoms with Crippen LogP contribution in [0.1, 0.15) is 10.4 Å². The van der Waals surface area contributed by atoms with Gasteiger partial charge in [-0.25, -0.2) is 9.97 Å². The molecule has 0 fully saturated rings. The maximum Gasteiger partial charge on any atom is 0.258 e. The van der Waals surface area contributed by atoms with Crippen molar-refractivity contribution < 1.29 is 9.53 Å². The minimum Gasteiger partial charge on any atom is -0.497 e. The lowest BCUT2D eigenvalue weighted by Gasteiger charge is -2.06. The second-order valence-electron chi connectivity index (χ2n) is 4.81. The normalized spacial score (nSPS) is 10.1. The molecule has 0 spiro atoms. The molecular weight excluding hydrogens is 290 g/mol. The molecule has 3 aromatic rings. The van der Waals surface area contributed by atoms with Gasteiger partial charge < -0.3 is 4.74 Å². The quantitative estimate of drug-likeness (QED) is 0.802. The Kier molecular flexibility index (Phi) is 4.29. The Morgan fingerprint density at radius 1 is 1.00 bits per heavy atom. The molecule has 0 bridgehead atoms. The predicted molar refractivity (Wildman–Crippen MR) is 88.4 cm³/mol. The molecule has 2 aromatic carbocycles. The molecule has 1 aromatic heterocycles. The highest BCUT2D eigenvalue weighted by atomic mass is 16.5. The molecule has 5 heteroatoms. The topological polar surface area (TPSA) is 64.1 Å². The first-order chi connectivity index (χ1) is 11.3. The largest absolute Gasteiger partial charge is 0.497 e. The molecule has 0 atom stereocenters. The van der Waals surface area contributed by atoms with Crippen molar-refractivity contribution in [1.82, 2.24) is 9.97 Å². The molecule has 0 radical (unpaired) electrons. The maximum absolute atomic E-state index is 12.1. The van der Waals surface area contributed by atoms with Crippen LogP contribution in [0.15, 0.2) is 66.9 Å². The number of ether oxygens (including phenoxy) is 1. The summed E-state index contributed by atoms with van der Waals surface area (Å²) in [5.41, 5.74) is 2.21. The molecule has 3 rings (SSSR count). The molecule has 23 heavy (non-hydrogen) atoms. The van der Waals surface area contributed by atoms with Gasteiger partial charge in [0.15, 0.2) is 0 Å². The fourth-order valence-corrected chi connectivity index (χ4v) is 2.10. The van der Waals surface area contributed by atoms with Crippen molar-refractivity contribution in [3.63, 3.8) is 0 Å². The molecule has 0 unspecified atom stereocenters. The van der Waals surface area contributed by atoms with Gasteiger partial charge in [0.1, 0.15) is 5.75 Å². The molecule has 0 saturated heterocycles. The van der Waals surface area contributed by atoms with E-state index in [9.17, 15) is 4.79 Å². The Hall–Kier alpha value is -3.21. The van der Waals surface area contributed by atoms with Gasteiger partial charge in [-0.05, 0) is 42.5 Å². The van der Waals surface area contributed by atoms with Crippen LogP contribution in [0.4, 0.5) is 5.95 Å². The number of nitrogens with zero attached hydrogens (tertiary/aromatic N) is 2. The monoisotopic (exact) mass is 305 g/mol. The number of nitrogens with one attached hydrogen (secondary N) is 1. The zero-order chi connectivity index (χ0) is 16.1. The molecular formula is C18H15N3O2. The van der Waals surface area contributed by atoms with Gasteiger partial charge in [0, 0.05) is 17.3 Å². The Morgan fingerprint density at radius 3 is 2.43 bits per heavy atom. The van der Waals surface area contributed by atoms with E-state index in [-0.39, 0.29) is 11.9 Å². The molecule has 1 heterocycles. The van der Waals surface area contributed by atoms with E-state index in [1.807, 2.05) is 42.5 Å². The summed E-state index contributed by atoms with van der Waals surface area (Å²) in [6, 6.07) is 18.3. The summed E-state index contributed by atoms with van der Waals surface area (Å²) in [6.45, 7) is 0. The van der Waals surface area contributed by atoms with E-state index >= 15 is 0 Å². The van der Waals surface area contributed by atoms with E-state index in [0.717, 1.165) is 17.0 Å². The number of amides is 1. The molecule has 0 saturated carbocycles. The van der Waals surface area contributed by atoms with E-state index in [2.05, 4.69) is 15.3 Å². The maximum atomic E-state index is 12.1.